The second-order valence-electron chi connectivity index (χ2n) is 6.33. The maximum absolute atomic E-state index is 2.42. The van der Waals surface area contributed by atoms with E-state index in [2.05, 4.69) is 36.4 Å². The standard InChI is InChI=1S/C20H22/c1-2-4-8-15-12-13-19-18-11-7-6-9-16(18)14-20(19)17(15)10-5-3-1/h6-7,9,11-13H,1-5,8,10,14H2. The van der Waals surface area contributed by atoms with Crippen LogP contribution in [0.3, 0.4) is 0 Å². The Hall–Kier alpha value is -1.56. The van der Waals surface area contributed by atoms with Crippen molar-refractivity contribution in [3.8, 4) is 11.1 Å². The van der Waals surface area contributed by atoms with Crippen molar-refractivity contribution in [2.24, 2.45) is 0 Å². The third kappa shape index (κ3) is 1.98. The highest BCUT2D eigenvalue weighted by Gasteiger charge is 2.22. The highest BCUT2D eigenvalue weighted by atomic mass is 14.3. The molecule has 0 atom stereocenters. The first-order valence-corrected chi connectivity index (χ1v) is 8.15. The Morgan fingerprint density at radius 2 is 1.35 bits per heavy atom. The van der Waals surface area contributed by atoms with Gasteiger partial charge < -0.3 is 0 Å². The molecule has 0 spiro atoms. The van der Waals surface area contributed by atoms with Crippen LogP contribution in [0, 0.1) is 0 Å². The summed E-state index contributed by atoms with van der Waals surface area (Å²) in [5.74, 6) is 0. The molecule has 2 aliphatic rings. The van der Waals surface area contributed by atoms with E-state index >= 15 is 0 Å². The van der Waals surface area contributed by atoms with E-state index in [4.69, 9.17) is 0 Å². The summed E-state index contributed by atoms with van der Waals surface area (Å²) in [5.41, 5.74) is 9.49. The van der Waals surface area contributed by atoms with Gasteiger partial charge in [-0.15, -0.1) is 0 Å². The van der Waals surface area contributed by atoms with Crippen LogP contribution >= 0.6 is 0 Å². The Morgan fingerprint density at radius 1 is 0.550 bits per heavy atom. The van der Waals surface area contributed by atoms with Gasteiger partial charge >= 0.3 is 0 Å². The molecule has 2 aliphatic carbocycles. The fourth-order valence-corrected chi connectivity index (χ4v) is 4.02. The van der Waals surface area contributed by atoms with Crippen LogP contribution in [0.5, 0.6) is 0 Å². The van der Waals surface area contributed by atoms with Gasteiger partial charge in [-0.25, -0.2) is 0 Å². The molecule has 0 unspecified atom stereocenters. The maximum Gasteiger partial charge on any atom is -0.00106 e. The van der Waals surface area contributed by atoms with Crippen LogP contribution in [0.25, 0.3) is 11.1 Å². The van der Waals surface area contributed by atoms with Gasteiger partial charge in [0.2, 0.25) is 0 Å². The fourth-order valence-electron chi connectivity index (χ4n) is 4.02. The summed E-state index contributed by atoms with van der Waals surface area (Å²) in [6.07, 6.45) is 10.8. The normalized spacial score (nSPS) is 17.4. The van der Waals surface area contributed by atoms with Crippen LogP contribution < -0.4 is 0 Å². The lowest BCUT2D eigenvalue weighted by Gasteiger charge is -2.14. The molecule has 0 heterocycles. The third-order valence-electron chi connectivity index (χ3n) is 5.08. The molecule has 2 aromatic carbocycles. The topological polar surface area (TPSA) is 0 Å². The zero-order valence-electron chi connectivity index (χ0n) is 12.1. The predicted octanol–water partition coefficient (Wildman–Crippen LogP) is 5.31. The SMILES string of the molecule is c1ccc2c(c1)Cc1c-2ccc2c1CCCCCCC2. The van der Waals surface area contributed by atoms with Crippen LogP contribution in [0.2, 0.25) is 0 Å². The molecule has 0 saturated heterocycles. The Morgan fingerprint density at radius 3 is 2.30 bits per heavy atom. The Balaban J connectivity index is 1.82. The number of rotatable bonds is 0. The molecule has 0 amide bonds. The number of hydrogen-bond acceptors (Lipinski definition) is 0. The minimum atomic E-state index is 1.16. The maximum atomic E-state index is 2.42. The zero-order chi connectivity index (χ0) is 13.4. The van der Waals surface area contributed by atoms with Crippen LogP contribution in [0.15, 0.2) is 36.4 Å². The van der Waals surface area contributed by atoms with Crippen LogP contribution in [-0.4, -0.2) is 0 Å². The van der Waals surface area contributed by atoms with Gasteiger partial charge in [0.25, 0.3) is 0 Å². The van der Waals surface area contributed by atoms with Gasteiger partial charge in [0.05, 0.1) is 0 Å². The Labute approximate surface area is 121 Å². The van der Waals surface area contributed by atoms with E-state index in [1.54, 1.807) is 16.7 Å². The van der Waals surface area contributed by atoms with Crippen molar-refractivity contribution in [3.63, 3.8) is 0 Å². The molecule has 0 bridgehead atoms. The van der Waals surface area contributed by atoms with Gasteiger partial charge in [-0.2, -0.15) is 0 Å². The molecule has 0 saturated carbocycles. The van der Waals surface area contributed by atoms with E-state index < -0.39 is 0 Å². The van der Waals surface area contributed by atoms with Crippen molar-refractivity contribution in [2.45, 2.75) is 51.4 Å². The van der Waals surface area contributed by atoms with Gasteiger partial charge in [-0.05, 0) is 65.5 Å². The second kappa shape index (κ2) is 5.09. The molecule has 0 aliphatic heterocycles. The molecule has 0 nitrogen and oxygen atoms in total. The predicted molar refractivity (Wildman–Crippen MR) is 85.2 cm³/mol. The lowest BCUT2D eigenvalue weighted by Crippen LogP contribution is -1.99. The van der Waals surface area contributed by atoms with Crippen LogP contribution in [-0.2, 0) is 19.3 Å². The van der Waals surface area contributed by atoms with Gasteiger partial charge in [0.1, 0.15) is 0 Å². The van der Waals surface area contributed by atoms with Crippen molar-refractivity contribution < 1.29 is 0 Å². The number of hydrogen-bond donors (Lipinski definition) is 0. The summed E-state index contributed by atoms with van der Waals surface area (Å²) < 4.78 is 0. The smallest absolute Gasteiger partial charge is 0.00106 e. The lowest BCUT2D eigenvalue weighted by molar-refractivity contribution is 0.629. The summed E-state index contributed by atoms with van der Waals surface area (Å²) in [5, 5.41) is 0. The summed E-state index contributed by atoms with van der Waals surface area (Å²) in [6.45, 7) is 0. The third-order valence-corrected chi connectivity index (χ3v) is 5.08. The van der Waals surface area contributed by atoms with Crippen molar-refractivity contribution in [3.05, 3.63) is 58.7 Å². The average molecular weight is 262 g/mol. The monoisotopic (exact) mass is 262 g/mol. The van der Waals surface area contributed by atoms with Crippen molar-refractivity contribution >= 4 is 0 Å². The quantitative estimate of drug-likeness (QED) is 0.515. The van der Waals surface area contributed by atoms with Crippen LogP contribution in [0.1, 0.15) is 54.4 Å². The Kier molecular flexibility index (Phi) is 3.10. The largest absolute Gasteiger partial charge is 0.0619 e. The molecule has 0 heteroatoms. The lowest BCUT2D eigenvalue weighted by atomic mass is 9.91. The molecule has 0 fully saturated rings. The Bertz CT molecular complexity index is 636. The van der Waals surface area contributed by atoms with Gasteiger partial charge in [-0.1, -0.05) is 55.7 Å². The van der Waals surface area contributed by atoms with E-state index in [1.165, 1.54) is 61.6 Å². The summed E-state index contributed by atoms with van der Waals surface area (Å²) in [6, 6.07) is 13.8. The molecule has 20 heavy (non-hydrogen) atoms. The van der Waals surface area contributed by atoms with E-state index in [1.807, 2.05) is 0 Å². The number of aryl methyl sites for hydroxylation is 1. The molecular weight excluding hydrogens is 240 g/mol. The van der Waals surface area contributed by atoms with E-state index in [-0.39, 0.29) is 0 Å². The molecule has 0 N–H and O–H groups in total. The second-order valence-corrected chi connectivity index (χ2v) is 6.33. The first kappa shape index (κ1) is 12.2. The molecule has 0 aromatic heterocycles. The molecule has 102 valence electrons. The first-order chi connectivity index (χ1) is 9.93. The van der Waals surface area contributed by atoms with Crippen molar-refractivity contribution in [1.82, 2.24) is 0 Å². The van der Waals surface area contributed by atoms with Gasteiger partial charge in [0.15, 0.2) is 0 Å². The van der Waals surface area contributed by atoms with Gasteiger partial charge in [0, 0.05) is 0 Å². The molecule has 0 radical (unpaired) electrons. The van der Waals surface area contributed by atoms with Crippen molar-refractivity contribution in [1.29, 1.82) is 0 Å². The van der Waals surface area contributed by atoms with Gasteiger partial charge in [-0.3, -0.25) is 0 Å². The minimum absolute atomic E-state index is 1.16. The van der Waals surface area contributed by atoms with Crippen LogP contribution in [0.4, 0.5) is 0 Å². The van der Waals surface area contributed by atoms with E-state index in [9.17, 15) is 0 Å². The zero-order valence-corrected chi connectivity index (χ0v) is 12.1. The molecular formula is C20H22. The molecule has 2 aromatic rings. The fraction of sp³-hybridized carbons (Fsp3) is 0.400. The summed E-state index contributed by atoms with van der Waals surface area (Å²) >= 11 is 0. The summed E-state index contributed by atoms with van der Waals surface area (Å²) in [7, 11) is 0. The van der Waals surface area contributed by atoms with Crippen molar-refractivity contribution in [2.75, 3.05) is 0 Å². The van der Waals surface area contributed by atoms with E-state index in [0.717, 1.165) is 6.42 Å². The summed E-state index contributed by atoms with van der Waals surface area (Å²) in [4.78, 5) is 0. The highest BCUT2D eigenvalue weighted by Crippen LogP contribution is 2.40. The van der Waals surface area contributed by atoms with E-state index in [0.29, 0.717) is 0 Å². The minimum Gasteiger partial charge on any atom is -0.0619 e. The number of benzene rings is 2. The average Bonchev–Trinajstić information content (AvgIpc) is 2.90. The number of fused-ring (bicyclic) bond motifs is 5. The highest BCUT2D eigenvalue weighted by molar-refractivity contribution is 5.78. The first-order valence-electron chi connectivity index (χ1n) is 8.15. The molecule has 4 rings (SSSR count).